The van der Waals surface area contributed by atoms with Gasteiger partial charge in [0.1, 0.15) is 11.5 Å². The van der Waals surface area contributed by atoms with Gasteiger partial charge in [-0.1, -0.05) is 6.07 Å². The lowest BCUT2D eigenvalue weighted by Crippen LogP contribution is -2.14. The monoisotopic (exact) mass is 363 g/mol. The van der Waals surface area contributed by atoms with Crippen LogP contribution in [0, 0.1) is 5.92 Å². The van der Waals surface area contributed by atoms with Crippen molar-refractivity contribution in [3.05, 3.63) is 41.4 Å². The van der Waals surface area contributed by atoms with Crippen molar-refractivity contribution in [3.8, 4) is 10.4 Å². The molecule has 128 valence electrons. The summed E-state index contributed by atoms with van der Waals surface area (Å²) in [5, 5.41) is 4.95. The second-order valence-corrected chi connectivity index (χ2v) is 6.81. The van der Waals surface area contributed by atoms with Gasteiger partial charge in [0.2, 0.25) is 5.91 Å². The number of rotatable bonds is 3. The summed E-state index contributed by atoms with van der Waals surface area (Å²) < 4.78 is 39.6. The zero-order chi connectivity index (χ0) is 17.6. The van der Waals surface area contributed by atoms with E-state index in [4.69, 9.17) is 0 Å². The van der Waals surface area contributed by atoms with Gasteiger partial charge in [-0.05, 0) is 42.5 Å². The number of anilines is 1. The van der Waals surface area contributed by atoms with E-state index >= 15 is 0 Å². The molecular formula is C17H12F3N3OS. The van der Waals surface area contributed by atoms with E-state index < -0.39 is 11.9 Å². The molecule has 0 radical (unpaired) electrons. The van der Waals surface area contributed by atoms with E-state index in [1.54, 1.807) is 29.6 Å². The molecule has 0 unspecified atom stereocenters. The van der Waals surface area contributed by atoms with Crippen LogP contribution in [0.4, 0.5) is 19.0 Å². The van der Waals surface area contributed by atoms with Gasteiger partial charge in [-0.3, -0.25) is 4.79 Å². The smallest absolute Gasteiger partial charge is 0.310 e. The van der Waals surface area contributed by atoms with Crippen LogP contribution in [0.25, 0.3) is 21.5 Å². The van der Waals surface area contributed by atoms with Crippen LogP contribution in [0.1, 0.15) is 18.5 Å². The summed E-state index contributed by atoms with van der Waals surface area (Å²) in [6, 6.07) is 7.81. The first-order chi connectivity index (χ1) is 11.9. The van der Waals surface area contributed by atoms with Crippen LogP contribution in [-0.2, 0) is 11.0 Å². The van der Waals surface area contributed by atoms with E-state index in [1.807, 2.05) is 0 Å². The van der Waals surface area contributed by atoms with Crippen molar-refractivity contribution in [2.75, 3.05) is 5.32 Å². The molecule has 0 bridgehead atoms. The van der Waals surface area contributed by atoms with Gasteiger partial charge in [0.25, 0.3) is 0 Å². The number of fused-ring (bicyclic) bond motifs is 1. The number of halogens is 3. The van der Waals surface area contributed by atoms with E-state index in [0.29, 0.717) is 15.8 Å². The molecule has 1 saturated carbocycles. The summed E-state index contributed by atoms with van der Waals surface area (Å²) in [4.78, 5) is 20.3. The molecule has 0 atom stereocenters. The summed E-state index contributed by atoms with van der Waals surface area (Å²) in [7, 11) is 0. The molecule has 4 rings (SSSR count). The molecule has 0 aliphatic heterocycles. The summed E-state index contributed by atoms with van der Waals surface area (Å²) in [6.07, 6.45) is -2.91. The Morgan fingerprint density at radius 3 is 2.64 bits per heavy atom. The predicted molar refractivity (Wildman–Crippen MR) is 89.2 cm³/mol. The number of hydrogen-bond donors (Lipinski definition) is 1. The molecule has 1 aliphatic carbocycles. The van der Waals surface area contributed by atoms with Crippen LogP contribution >= 0.6 is 11.3 Å². The van der Waals surface area contributed by atoms with Crippen molar-refractivity contribution in [3.63, 3.8) is 0 Å². The Balaban J connectivity index is 1.84. The Bertz CT molecular complexity index is 950. The van der Waals surface area contributed by atoms with Crippen LogP contribution in [0.2, 0.25) is 0 Å². The summed E-state index contributed by atoms with van der Waals surface area (Å²) in [5.41, 5.74) is -0.603. The molecule has 0 aromatic carbocycles. The highest BCUT2D eigenvalue weighted by molar-refractivity contribution is 7.13. The molecule has 3 heterocycles. The number of aromatic nitrogens is 2. The molecule has 0 spiro atoms. The molecule has 1 aliphatic rings. The van der Waals surface area contributed by atoms with Crippen molar-refractivity contribution in [1.29, 1.82) is 0 Å². The molecule has 0 saturated heterocycles. The average molecular weight is 363 g/mol. The number of carbonyl (C=O) groups is 1. The SMILES string of the molecule is O=C(Nc1ccc2c(-c3cccs3)cc(C(F)(F)F)nc2n1)C1CC1. The van der Waals surface area contributed by atoms with Crippen molar-refractivity contribution in [1.82, 2.24) is 9.97 Å². The predicted octanol–water partition coefficient (Wildman–Crippen LogP) is 4.73. The second-order valence-electron chi connectivity index (χ2n) is 5.86. The summed E-state index contributed by atoms with van der Waals surface area (Å²) in [6.45, 7) is 0. The van der Waals surface area contributed by atoms with Gasteiger partial charge in [-0.2, -0.15) is 13.2 Å². The molecule has 1 amide bonds. The van der Waals surface area contributed by atoms with E-state index in [9.17, 15) is 18.0 Å². The number of pyridine rings is 2. The zero-order valence-corrected chi connectivity index (χ0v) is 13.6. The van der Waals surface area contributed by atoms with Gasteiger partial charge in [-0.25, -0.2) is 9.97 Å². The minimum Gasteiger partial charge on any atom is -0.310 e. The quantitative estimate of drug-likeness (QED) is 0.732. The first-order valence-electron chi connectivity index (χ1n) is 7.65. The third kappa shape index (κ3) is 3.21. The number of nitrogens with one attached hydrogen (secondary N) is 1. The minimum atomic E-state index is -4.57. The maximum atomic E-state index is 13.2. The van der Waals surface area contributed by atoms with Crippen LogP contribution in [-0.4, -0.2) is 15.9 Å². The summed E-state index contributed by atoms with van der Waals surface area (Å²) in [5.74, 6) is 0.0410. The average Bonchev–Trinajstić information content (AvgIpc) is 3.28. The number of thiophene rings is 1. The van der Waals surface area contributed by atoms with Crippen LogP contribution in [0.15, 0.2) is 35.7 Å². The van der Waals surface area contributed by atoms with Crippen molar-refractivity contribution in [2.24, 2.45) is 5.92 Å². The Kier molecular flexibility index (Phi) is 3.72. The normalized spacial score (nSPS) is 14.7. The highest BCUT2D eigenvalue weighted by Crippen LogP contribution is 2.37. The van der Waals surface area contributed by atoms with E-state index in [1.165, 1.54) is 11.3 Å². The van der Waals surface area contributed by atoms with Gasteiger partial charge in [0.05, 0.1) is 0 Å². The number of amides is 1. The van der Waals surface area contributed by atoms with E-state index in [0.717, 1.165) is 18.9 Å². The maximum Gasteiger partial charge on any atom is 0.433 e. The molecular weight excluding hydrogens is 351 g/mol. The lowest BCUT2D eigenvalue weighted by atomic mass is 10.1. The van der Waals surface area contributed by atoms with Gasteiger partial charge in [-0.15, -0.1) is 11.3 Å². The van der Waals surface area contributed by atoms with Gasteiger partial charge in [0, 0.05) is 21.7 Å². The highest BCUT2D eigenvalue weighted by atomic mass is 32.1. The zero-order valence-electron chi connectivity index (χ0n) is 12.8. The van der Waals surface area contributed by atoms with Crippen molar-refractivity contribution in [2.45, 2.75) is 19.0 Å². The third-order valence-electron chi connectivity index (χ3n) is 3.95. The molecule has 25 heavy (non-hydrogen) atoms. The second kappa shape index (κ2) is 5.80. The molecule has 1 N–H and O–H groups in total. The molecule has 4 nitrogen and oxygen atoms in total. The molecule has 3 aromatic rings. The topological polar surface area (TPSA) is 54.9 Å². The Labute approximate surface area is 144 Å². The lowest BCUT2D eigenvalue weighted by Gasteiger charge is -2.11. The molecule has 1 fully saturated rings. The standard InChI is InChI=1S/C17H12F3N3OS/c18-17(19,20)13-8-11(12-2-1-7-25-12)10-5-6-14(22-15(10)21-13)23-16(24)9-3-4-9/h1-2,5-9H,3-4H2,(H,21,22,23,24). The van der Waals surface area contributed by atoms with Crippen LogP contribution in [0.5, 0.6) is 0 Å². The fourth-order valence-corrected chi connectivity index (χ4v) is 3.29. The molecule has 3 aromatic heterocycles. The highest BCUT2D eigenvalue weighted by Gasteiger charge is 2.34. The number of carbonyl (C=O) groups excluding carboxylic acids is 1. The summed E-state index contributed by atoms with van der Waals surface area (Å²) >= 11 is 1.34. The van der Waals surface area contributed by atoms with E-state index in [2.05, 4.69) is 15.3 Å². The first-order valence-corrected chi connectivity index (χ1v) is 8.53. The van der Waals surface area contributed by atoms with Crippen LogP contribution < -0.4 is 5.32 Å². The fourth-order valence-electron chi connectivity index (χ4n) is 2.53. The minimum absolute atomic E-state index is 0.0198. The Morgan fingerprint density at radius 2 is 2.00 bits per heavy atom. The van der Waals surface area contributed by atoms with Gasteiger partial charge in [0.15, 0.2) is 5.65 Å². The lowest BCUT2D eigenvalue weighted by molar-refractivity contribution is -0.141. The largest absolute Gasteiger partial charge is 0.433 e. The number of nitrogens with zero attached hydrogens (tertiary/aromatic N) is 2. The van der Waals surface area contributed by atoms with Crippen molar-refractivity contribution < 1.29 is 18.0 Å². The van der Waals surface area contributed by atoms with Gasteiger partial charge < -0.3 is 5.32 Å². The number of alkyl halides is 3. The number of hydrogen-bond acceptors (Lipinski definition) is 4. The van der Waals surface area contributed by atoms with Gasteiger partial charge >= 0.3 is 6.18 Å². The van der Waals surface area contributed by atoms with Crippen LogP contribution in [0.3, 0.4) is 0 Å². The Hall–Kier alpha value is -2.48. The van der Waals surface area contributed by atoms with E-state index in [-0.39, 0.29) is 23.3 Å². The fraction of sp³-hybridized carbons (Fsp3) is 0.235. The van der Waals surface area contributed by atoms with Crippen molar-refractivity contribution >= 4 is 34.1 Å². The molecule has 8 heteroatoms. The Morgan fingerprint density at radius 1 is 1.20 bits per heavy atom. The third-order valence-corrected chi connectivity index (χ3v) is 4.85. The maximum absolute atomic E-state index is 13.2. The first kappa shape index (κ1) is 16.0.